The van der Waals surface area contributed by atoms with E-state index in [9.17, 15) is 0 Å². The monoisotopic (exact) mass is 159 g/mol. The summed E-state index contributed by atoms with van der Waals surface area (Å²) >= 11 is 5.93. The maximum Gasteiger partial charge on any atom is 0.0369 e. The average molecular weight is 160 g/mol. The zero-order valence-electron chi connectivity index (χ0n) is 6.44. The lowest BCUT2D eigenvalue weighted by molar-refractivity contribution is 0.290. The van der Waals surface area contributed by atoms with E-state index in [1.165, 1.54) is 5.70 Å². The van der Waals surface area contributed by atoms with Crippen LogP contribution < -0.4 is 0 Å². The normalized spacial score (nSPS) is 21.2. The minimum atomic E-state index is 0.399. The van der Waals surface area contributed by atoms with Gasteiger partial charge in [-0.1, -0.05) is 6.58 Å². The Hall–Kier alpha value is -0.170. The SMILES string of the molecule is C=C(C)N1CCC(Cl)CC1. The van der Waals surface area contributed by atoms with Crippen molar-refractivity contribution in [2.75, 3.05) is 13.1 Å². The van der Waals surface area contributed by atoms with E-state index in [2.05, 4.69) is 18.4 Å². The largest absolute Gasteiger partial charge is 0.375 e. The van der Waals surface area contributed by atoms with Gasteiger partial charge in [-0.2, -0.15) is 0 Å². The van der Waals surface area contributed by atoms with Crippen LogP contribution in [0.25, 0.3) is 0 Å². The number of halogens is 1. The third kappa shape index (κ3) is 1.91. The lowest BCUT2D eigenvalue weighted by Gasteiger charge is -2.31. The molecule has 1 fully saturated rings. The summed E-state index contributed by atoms with van der Waals surface area (Å²) in [6, 6.07) is 0. The van der Waals surface area contributed by atoms with Gasteiger partial charge in [-0.25, -0.2) is 0 Å². The average Bonchev–Trinajstić information content (AvgIpc) is 1.88. The first-order chi connectivity index (χ1) is 4.70. The molecule has 0 aromatic rings. The van der Waals surface area contributed by atoms with E-state index in [0.717, 1.165) is 25.9 Å². The Morgan fingerprint density at radius 2 is 2.00 bits per heavy atom. The summed E-state index contributed by atoms with van der Waals surface area (Å²) in [6.45, 7) is 8.11. The lowest BCUT2D eigenvalue weighted by Crippen LogP contribution is -2.32. The smallest absolute Gasteiger partial charge is 0.0369 e. The number of hydrogen-bond donors (Lipinski definition) is 0. The van der Waals surface area contributed by atoms with Crippen molar-refractivity contribution in [1.29, 1.82) is 0 Å². The first-order valence-electron chi connectivity index (χ1n) is 3.74. The van der Waals surface area contributed by atoms with Crippen LogP contribution in [0.5, 0.6) is 0 Å². The maximum atomic E-state index is 5.93. The molecule has 1 aliphatic rings. The molecule has 0 unspecified atom stereocenters. The second kappa shape index (κ2) is 3.29. The van der Waals surface area contributed by atoms with Crippen LogP contribution in [0.4, 0.5) is 0 Å². The molecule has 0 bridgehead atoms. The number of rotatable bonds is 1. The fourth-order valence-corrected chi connectivity index (χ4v) is 1.42. The highest BCUT2D eigenvalue weighted by Crippen LogP contribution is 2.17. The second-order valence-electron chi connectivity index (χ2n) is 2.90. The highest BCUT2D eigenvalue weighted by atomic mass is 35.5. The predicted molar refractivity (Wildman–Crippen MR) is 45.3 cm³/mol. The van der Waals surface area contributed by atoms with E-state index in [0.29, 0.717) is 5.38 Å². The van der Waals surface area contributed by atoms with Gasteiger partial charge in [-0.05, 0) is 19.8 Å². The van der Waals surface area contributed by atoms with Gasteiger partial charge in [-0.3, -0.25) is 0 Å². The van der Waals surface area contributed by atoms with E-state index in [4.69, 9.17) is 11.6 Å². The first-order valence-corrected chi connectivity index (χ1v) is 4.18. The third-order valence-electron chi connectivity index (χ3n) is 1.96. The molecule has 10 heavy (non-hydrogen) atoms. The molecule has 1 saturated heterocycles. The van der Waals surface area contributed by atoms with Crippen LogP contribution in [0.1, 0.15) is 19.8 Å². The summed E-state index contributed by atoms with van der Waals surface area (Å²) in [5.41, 5.74) is 1.17. The van der Waals surface area contributed by atoms with E-state index < -0.39 is 0 Å². The number of hydrogen-bond acceptors (Lipinski definition) is 1. The Morgan fingerprint density at radius 3 is 2.40 bits per heavy atom. The van der Waals surface area contributed by atoms with Gasteiger partial charge in [0.2, 0.25) is 0 Å². The second-order valence-corrected chi connectivity index (χ2v) is 3.51. The molecule has 0 spiro atoms. The lowest BCUT2D eigenvalue weighted by atomic mass is 10.1. The summed E-state index contributed by atoms with van der Waals surface area (Å²) in [4.78, 5) is 2.29. The topological polar surface area (TPSA) is 3.24 Å². The highest BCUT2D eigenvalue weighted by Gasteiger charge is 2.15. The van der Waals surface area contributed by atoms with Crippen molar-refractivity contribution in [2.45, 2.75) is 25.1 Å². The zero-order valence-corrected chi connectivity index (χ0v) is 7.19. The summed E-state index contributed by atoms with van der Waals surface area (Å²) in [5, 5.41) is 0.399. The van der Waals surface area contributed by atoms with E-state index >= 15 is 0 Å². The number of likely N-dealkylation sites (tertiary alicyclic amines) is 1. The minimum Gasteiger partial charge on any atom is -0.375 e. The molecule has 0 amide bonds. The van der Waals surface area contributed by atoms with Gasteiger partial charge < -0.3 is 4.90 Å². The van der Waals surface area contributed by atoms with Crippen LogP contribution in [-0.2, 0) is 0 Å². The molecule has 0 aromatic carbocycles. The fraction of sp³-hybridized carbons (Fsp3) is 0.750. The molecule has 2 heteroatoms. The molecule has 0 atom stereocenters. The molecule has 0 aromatic heterocycles. The van der Waals surface area contributed by atoms with Gasteiger partial charge in [0.25, 0.3) is 0 Å². The van der Waals surface area contributed by atoms with Crippen molar-refractivity contribution < 1.29 is 0 Å². The molecule has 0 aliphatic carbocycles. The van der Waals surface area contributed by atoms with Crippen molar-refractivity contribution in [1.82, 2.24) is 4.90 Å². The highest BCUT2D eigenvalue weighted by molar-refractivity contribution is 6.20. The maximum absolute atomic E-state index is 5.93. The Labute approximate surface area is 67.7 Å². The molecular weight excluding hydrogens is 146 g/mol. The van der Waals surface area contributed by atoms with Gasteiger partial charge in [0.15, 0.2) is 0 Å². The van der Waals surface area contributed by atoms with Crippen LogP contribution in [0.15, 0.2) is 12.3 Å². The van der Waals surface area contributed by atoms with Crippen LogP contribution in [0, 0.1) is 0 Å². The first kappa shape index (κ1) is 7.93. The molecule has 58 valence electrons. The number of nitrogens with zero attached hydrogens (tertiary/aromatic N) is 1. The molecule has 1 rings (SSSR count). The summed E-state index contributed by atoms with van der Waals surface area (Å²) < 4.78 is 0. The summed E-state index contributed by atoms with van der Waals surface area (Å²) in [7, 11) is 0. The number of allylic oxidation sites excluding steroid dienone is 1. The minimum absolute atomic E-state index is 0.399. The Bertz CT molecular complexity index is 125. The van der Waals surface area contributed by atoms with Gasteiger partial charge in [0.05, 0.1) is 0 Å². The molecule has 0 saturated carbocycles. The van der Waals surface area contributed by atoms with Crippen molar-refractivity contribution in [3.63, 3.8) is 0 Å². The van der Waals surface area contributed by atoms with E-state index in [-0.39, 0.29) is 0 Å². The third-order valence-corrected chi connectivity index (χ3v) is 2.40. The van der Waals surface area contributed by atoms with Crippen LogP contribution in [-0.4, -0.2) is 23.4 Å². The van der Waals surface area contributed by atoms with Gasteiger partial charge in [-0.15, -0.1) is 11.6 Å². The van der Waals surface area contributed by atoms with Crippen LogP contribution in [0.3, 0.4) is 0 Å². The van der Waals surface area contributed by atoms with Crippen molar-refractivity contribution in [2.24, 2.45) is 0 Å². The number of piperidine rings is 1. The molecule has 1 heterocycles. The van der Waals surface area contributed by atoms with Crippen LogP contribution >= 0.6 is 11.6 Å². The molecular formula is C8H14ClN. The van der Waals surface area contributed by atoms with Gasteiger partial charge in [0, 0.05) is 24.2 Å². The molecule has 0 radical (unpaired) electrons. The zero-order chi connectivity index (χ0) is 7.56. The van der Waals surface area contributed by atoms with Crippen molar-refractivity contribution in [3.05, 3.63) is 12.3 Å². The molecule has 1 aliphatic heterocycles. The van der Waals surface area contributed by atoms with E-state index in [1.807, 2.05) is 0 Å². The quantitative estimate of drug-likeness (QED) is 0.531. The molecule has 1 nitrogen and oxygen atoms in total. The Balaban J connectivity index is 2.33. The predicted octanol–water partition coefficient (Wildman–Crippen LogP) is 2.22. The fourth-order valence-electron chi connectivity index (χ4n) is 1.23. The Morgan fingerprint density at radius 1 is 1.50 bits per heavy atom. The summed E-state index contributed by atoms with van der Waals surface area (Å²) in [5.74, 6) is 0. The van der Waals surface area contributed by atoms with Gasteiger partial charge in [0.1, 0.15) is 0 Å². The van der Waals surface area contributed by atoms with E-state index in [1.54, 1.807) is 0 Å². The van der Waals surface area contributed by atoms with Crippen molar-refractivity contribution >= 4 is 11.6 Å². The van der Waals surface area contributed by atoms with Crippen molar-refractivity contribution in [3.8, 4) is 0 Å². The summed E-state index contributed by atoms with van der Waals surface area (Å²) in [6.07, 6.45) is 2.21. The standard InChI is InChI=1S/C8H14ClN/c1-7(2)10-5-3-8(9)4-6-10/h8H,1,3-6H2,2H3. The van der Waals surface area contributed by atoms with Gasteiger partial charge >= 0.3 is 0 Å². The Kier molecular flexibility index (Phi) is 2.61. The van der Waals surface area contributed by atoms with Crippen LogP contribution in [0.2, 0.25) is 0 Å². The number of alkyl halides is 1. The molecule has 0 N–H and O–H groups in total.